The van der Waals surface area contributed by atoms with E-state index in [1.165, 1.54) is 19.6 Å². The van der Waals surface area contributed by atoms with E-state index in [2.05, 4.69) is 32.8 Å². The van der Waals surface area contributed by atoms with Gasteiger partial charge in [-0.05, 0) is 14.1 Å². The van der Waals surface area contributed by atoms with Gasteiger partial charge in [0.15, 0.2) is 0 Å². The van der Waals surface area contributed by atoms with Crippen LogP contribution in [0.5, 0.6) is 0 Å². The third-order valence-electron chi connectivity index (χ3n) is 3.23. The van der Waals surface area contributed by atoms with Gasteiger partial charge in [0.05, 0.1) is 0 Å². The van der Waals surface area contributed by atoms with Crippen LogP contribution in [0, 0.1) is 0 Å². The van der Waals surface area contributed by atoms with Gasteiger partial charge in [-0.1, -0.05) is 0 Å². The monoisotopic (exact) mass is 243 g/mol. The van der Waals surface area contributed by atoms with Crippen molar-refractivity contribution >= 4 is 0 Å². The van der Waals surface area contributed by atoms with Gasteiger partial charge in [-0.2, -0.15) is 0 Å². The molecule has 17 heavy (non-hydrogen) atoms. The number of hydrogen-bond acceptors (Lipinski definition) is 5. The number of piperazine rings is 1. The van der Waals surface area contributed by atoms with Crippen molar-refractivity contribution in [2.75, 3.05) is 79.5 Å². The molecule has 1 fully saturated rings. The highest BCUT2D eigenvalue weighted by Crippen LogP contribution is 1.89. The van der Waals surface area contributed by atoms with Crippen LogP contribution in [-0.2, 0) is 0 Å². The summed E-state index contributed by atoms with van der Waals surface area (Å²) in [6.07, 6.45) is 0. The van der Waals surface area contributed by atoms with Crippen molar-refractivity contribution in [1.29, 1.82) is 0 Å². The van der Waals surface area contributed by atoms with E-state index < -0.39 is 0 Å². The Morgan fingerprint density at radius 1 is 1.12 bits per heavy atom. The molecule has 0 aromatic carbocycles. The van der Waals surface area contributed by atoms with E-state index in [0.29, 0.717) is 0 Å². The van der Waals surface area contributed by atoms with Gasteiger partial charge in [0.1, 0.15) is 0 Å². The first-order valence-electron chi connectivity index (χ1n) is 6.80. The molecule has 5 nitrogen and oxygen atoms in total. The lowest BCUT2D eigenvalue weighted by Crippen LogP contribution is -2.46. The van der Waals surface area contributed by atoms with Gasteiger partial charge in [0, 0.05) is 65.4 Å². The quantitative estimate of drug-likeness (QED) is 0.436. The third kappa shape index (κ3) is 7.68. The molecule has 0 bridgehead atoms. The number of nitrogens with one attached hydrogen (secondary N) is 3. The molecule has 102 valence electrons. The Hall–Kier alpha value is -0.200. The average molecular weight is 243 g/mol. The molecule has 1 aliphatic heterocycles. The molecule has 0 saturated carbocycles. The van der Waals surface area contributed by atoms with Crippen molar-refractivity contribution in [2.45, 2.75) is 0 Å². The van der Waals surface area contributed by atoms with Crippen molar-refractivity contribution < 1.29 is 0 Å². The molecule has 1 heterocycles. The minimum Gasteiger partial charge on any atom is -0.318 e. The molecule has 0 radical (unpaired) electrons. The maximum Gasteiger partial charge on any atom is 0.0108 e. The van der Waals surface area contributed by atoms with E-state index in [9.17, 15) is 0 Å². The molecule has 1 saturated heterocycles. The van der Waals surface area contributed by atoms with Crippen molar-refractivity contribution in [3.05, 3.63) is 0 Å². The van der Waals surface area contributed by atoms with Gasteiger partial charge in [0.25, 0.3) is 0 Å². The second-order valence-corrected chi connectivity index (χ2v) is 4.75. The summed E-state index contributed by atoms with van der Waals surface area (Å²) in [5.74, 6) is 0. The Morgan fingerprint density at radius 2 is 1.82 bits per heavy atom. The number of likely N-dealkylation sites (N-methyl/N-ethyl adjacent to an activating group) is 2. The summed E-state index contributed by atoms with van der Waals surface area (Å²) in [5.41, 5.74) is 0. The van der Waals surface area contributed by atoms with Crippen molar-refractivity contribution in [3.8, 4) is 0 Å². The van der Waals surface area contributed by atoms with Crippen LogP contribution < -0.4 is 16.0 Å². The van der Waals surface area contributed by atoms with E-state index in [0.717, 1.165) is 45.8 Å². The van der Waals surface area contributed by atoms with Crippen LogP contribution in [0.2, 0.25) is 0 Å². The van der Waals surface area contributed by atoms with E-state index in [4.69, 9.17) is 0 Å². The predicted molar refractivity (Wildman–Crippen MR) is 73.6 cm³/mol. The first kappa shape index (κ1) is 14.9. The van der Waals surface area contributed by atoms with Crippen LogP contribution in [-0.4, -0.2) is 89.3 Å². The van der Waals surface area contributed by atoms with Crippen molar-refractivity contribution in [3.63, 3.8) is 0 Å². The van der Waals surface area contributed by atoms with Gasteiger partial charge >= 0.3 is 0 Å². The number of rotatable bonds is 9. The molecule has 0 aliphatic carbocycles. The summed E-state index contributed by atoms with van der Waals surface area (Å²) in [4.78, 5) is 4.88. The third-order valence-corrected chi connectivity index (χ3v) is 3.23. The lowest BCUT2D eigenvalue weighted by molar-refractivity contribution is 0.239. The maximum atomic E-state index is 3.52. The minimum absolute atomic E-state index is 1.07. The highest BCUT2D eigenvalue weighted by molar-refractivity contribution is 4.68. The zero-order chi connectivity index (χ0) is 12.3. The summed E-state index contributed by atoms with van der Waals surface area (Å²) < 4.78 is 0. The molecule has 0 aromatic heterocycles. The second kappa shape index (κ2) is 9.79. The normalized spacial score (nSPS) is 17.8. The zero-order valence-corrected chi connectivity index (χ0v) is 11.5. The largest absolute Gasteiger partial charge is 0.318 e. The fraction of sp³-hybridized carbons (Fsp3) is 1.00. The molecule has 5 heteroatoms. The van der Waals surface area contributed by atoms with Gasteiger partial charge in [-0.15, -0.1) is 0 Å². The summed E-state index contributed by atoms with van der Waals surface area (Å²) in [7, 11) is 4.18. The lowest BCUT2D eigenvalue weighted by atomic mass is 10.3. The minimum atomic E-state index is 1.07. The predicted octanol–water partition coefficient (Wildman–Crippen LogP) is -1.37. The molecule has 0 spiro atoms. The van der Waals surface area contributed by atoms with E-state index >= 15 is 0 Å². The molecule has 0 aromatic rings. The van der Waals surface area contributed by atoms with Crippen molar-refractivity contribution in [2.24, 2.45) is 0 Å². The van der Waals surface area contributed by atoms with Crippen LogP contribution in [0.4, 0.5) is 0 Å². The first-order valence-corrected chi connectivity index (χ1v) is 6.80. The molecule has 0 atom stereocenters. The van der Waals surface area contributed by atoms with Gasteiger partial charge in [-0.25, -0.2) is 0 Å². The molecule has 1 rings (SSSR count). The zero-order valence-electron chi connectivity index (χ0n) is 11.5. The highest BCUT2D eigenvalue weighted by atomic mass is 15.2. The second-order valence-electron chi connectivity index (χ2n) is 4.75. The summed E-state index contributed by atoms with van der Waals surface area (Å²) >= 11 is 0. The summed E-state index contributed by atoms with van der Waals surface area (Å²) in [6.45, 7) is 11.4. The van der Waals surface area contributed by atoms with Crippen LogP contribution in [0.25, 0.3) is 0 Å². The van der Waals surface area contributed by atoms with Crippen LogP contribution >= 0.6 is 0 Å². The van der Waals surface area contributed by atoms with Crippen LogP contribution in [0.15, 0.2) is 0 Å². The van der Waals surface area contributed by atoms with Crippen LogP contribution in [0.3, 0.4) is 0 Å². The Kier molecular flexibility index (Phi) is 8.56. The fourth-order valence-corrected chi connectivity index (χ4v) is 1.98. The molecule has 1 aliphatic rings. The van der Waals surface area contributed by atoms with Gasteiger partial charge in [-0.3, -0.25) is 4.90 Å². The van der Waals surface area contributed by atoms with E-state index in [1.54, 1.807) is 0 Å². The average Bonchev–Trinajstić information content (AvgIpc) is 2.37. The van der Waals surface area contributed by atoms with Gasteiger partial charge in [0.2, 0.25) is 0 Å². The maximum absolute atomic E-state index is 3.52. The van der Waals surface area contributed by atoms with E-state index in [-0.39, 0.29) is 0 Å². The topological polar surface area (TPSA) is 42.6 Å². The number of hydrogen-bond donors (Lipinski definition) is 3. The number of nitrogens with zero attached hydrogens (tertiary/aromatic N) is 2. The molecular weight excluding hydrogens is 214 g/mol. The molecule has 0 amide bonds. The van der Waals surface area contributed by atoms with Crippen molar-refractivity contribution in [1.82, 2.24) is 25.8 Å². The van der Waals surface area contributed by atoms with Crippen LogP contribution in [0.1, 0.15) is 0 Å². The highest BCUT2D eigenvalue weighted by Gasteiger charge is 2.07. The summed E-state index contributed by atoms with van der Waals surface area (Å²) in [5, 5.41) is 10.1. The fourth-order valence-electron chi connectivity index (χ4n) is 1.98. The molecular formula is C12H29N5. The Morgan fingerprint density at radius 3 is 2.53 bits per heavy atom. The SMILES string of the molecule is CNCCN(C)CCNCCN1CCNCC1. The van der Waals surface area contributed by atoms with Gasteiger partial charge < -0.3 is 20.9 Å². The molecule has 3 N–H and O–H groups in total. The van der Waals surface area contributed by atoms with E-state index in [1.807, 2.05) is 7.05 Å². The smallest absolute Gasteiger partial charge is 0.0108 e. The first-order chi connectivity index (χ1) is 8.33. The Balaban J connectivity index is 1.86. The standard InChI is InChI=1S/C12H29N5/c1-13-3-8-16(2)9-4-14-5-10-17-11-6-15-7-12-17/h13-15H,3-12H2,1-2H3. The lowest BCUT2D eigenvalue weighted by Gasteiger charge is -2.27. The Bertz CT molecular complexity index is 170. The Labute approximate surface area is 106 Å². The summed E-state index contributed by atoms with van der Waals surface area (Å²) in [6, 6.07) is 0. The molecule has 0 unspecified atom stereocenters.